The third-order valence-electron chi connectivity index (χ3n) is 5.71. The van der Waals surface area contributed by atoms with Gasteiger partial charge in [-0.2, -0.15) is 17.6 Å². The zero-order valence-electron chi connectivity index (χ0n) is 21.5. The summed E-state index contributed by atoms with van der Waals surface area (Å²) in [7, 11) is 0. The van der Waals surface area contributed by atoms with Crippen LogP contribution in [0.1, 0.15) is 12.8 Å². The monoisotopic (exact) mass is 726 g/mol. The van der Waals surface area contributed by atoms with E-state index in [0.29, 0.717) is 39.7 Å². The predicted octanol–water partition coefficient (Wildman–Crippen LogP) is 13.5. The first-order valence-electron chi connectivity index (χ1n) is 12.3. The van der Waals surface area contributed by atoms with Crippen molar-refractivity contribution in [3.05, 3.63) is 117 Å². The molecule has 4 rings (SSSR count). The second-order valence-corrected chi connectivity index (χ2v) is 16.4. The van der Waals surface area contributed by atoms with Gasteiger partial charge in [0.25, 0.3) is 0 Å². The van der Waals surface area contributed by atoms with E-state index in [1.165, 1.54) is 0 Å². The third kappa shape index (κ3) is 10.4. The number of thioether (sulfide) groups is 4. The minimum absolute atomic E-state index is 0.487. The van der Waals surface area contributed by atoms with Crippen molar-refractivity contribution >= 4 is 93.5 Å². The van der Waals surface area contributed by atoms with Crippen molar-refractivity contribution in [2.75, 3.05) is 0 Å². The van der Waals surface area contributed by atoms with E-state index in [9.17, 15) is 0 Å². The van der Waals surface area contributed by atoms with Gasteiger partial charge in [-0.3, -0.25) is 0 Å². The minimum atomic E-state index is -4.31. The van der Waals surface area contributed by atoms with Crippen LogP contribution in [0.4, 0.5) is 17.6 Å². The standard InChI is InChI=1S/C30H22Cl4F4S4/c31-19-1-9-23(10-2-19)39-27(40-24-11-3-20(32)4-12-24)17-29(35,36)30(37,38)18-28(41-25-13-5-21(33)6-14-25)42-26-15-7-22(34)8-16-26/h1-16,27-28H,17-18H2. The lowest BCUT2D eigenvalue weighted by Crippen LogP contribution is -2.43. The highest BCUT2D eigenvalue weighted by Crippen LogP contribution is 2.51. The number of hydrogen-bond acceptors (Lipinski definition) is 4. The maximum absolute atomic E-state index is 15.7. The summed E-state index contributed by atoms with van der Waals surface area (Å²) in [6.07, 6.45) is -2.13. The smallest absolute Gasteiger partial charge is 0.200 e. The van der Waals surface area contributed by atoms with Crippen molar-refractivity contribution < 1.29 is 17.6 Å². The Hall–Kier alpha value is -0.840. The van der Waals surface area contributed by atoms with Gasteiger partial charge in [-0.25, -0.2) is 0 Å². The average Bonchev–Trinajstić information content (AvgIpc) is 2.93. The quantitative estimate of drug-likeness (QED) is 0.0763. The van der Waals surface area contributed by atoms with Gasteiger partial charge >= 0.3 is 11.8 Å². The molecule has 4 aromatic rings. The van der Waals surface area contributed by atoms with Crippen molar-refractivity contribution in [3.8, 4) is 0 Å². The SMILES string of the molecule is FC(F)(CC(Sc1ccc(Cl)cc1)Sc1ccc(Cl)cc1)C(F)(F)CC(Sc1ccc(Cl)cc1)Sc1ccc(Cl)cc1. The molecule has 0 aliphatic carbocycles. The lowest BCUT2D eigenvalue weighted by molar-refractivity contribution is -0.211. The zero-order valence-corrected chi connectivity index (χ0v) is 27.8. The van der Waals surface area contributed by atoms with Crippen LogP contribution in [-0.4, -0.2) is 21.0 Å². The number of halogens is 8. The van der Waals surface area contributed by atoms with Gasteiger partial charge in [-0.05, 0) is 97.1 Å². The number of rotatable bonds is 13. The van der Waals surface area contributed by atoms with Crippen molar-refractivity contribution in [3.63, 3.8) is 0 Å². The minimum Gasteiger partial charge on any atom is -0.200 e. The number of hydrogen-bond donors (Lipinski definition) is 0. The van der Waals surface area contributed by atoms with E-state index in [-0.39, 0.29) is 0 Å². The first kappa shape index (κ1) is 34.0. The fourth-order valence-corrected chi connectivity index (χ4v) is 9.37. The van der Waals surface area contributed by atoms with Crippen LogP contribution >= 0.6 is 93.5 Å². The van der Waals surface area contributed by atoms with Gasteiger partial charge in [0.1, 0.15) is 0 Å². The summed E-state index contributed by atoms with van der Waals surface area (Å²) in [6, 6.07) is 26.5. The predicted molar refractivity (Wildman–Crippen MR) is 176 cm³/mol. The van der Waals surface area contributed by atoms with Crippen LogP contribution in [0.25, 0.3) is 0 Å². The molecule has 0 radical (unpaired) electrons. The van der Waals surface area contributed by atoms with Gasteiger partial charge in [0.2, 0.25) is 0 Å². The molecule has 222 valence electrons. The van der Waals surface area contributed by atoms with Crippen molar-refractivity contribution in [2.45, 2.75) is 53.4 Å². The third-order valence-corrected chi connectivity index (χ3v) is 11.8. The Morgan fingerprint density at radius 2 is 0.595 bits per heavy atom. The normalized spacial score (nSPS) is 12.3. The summed E-state index contributed by atoms with van der Waals surface area (Å²) in [5.41, 5.74) is 0. The Bertz CT molecular complexity index is 1220. The van der Waals surface area contributed by atoms with Gasteiger partial charge in [-0.15, -0.1) is 47.0 Å². The van der Waals surface area contributed by atoms with Gasteiger partial charge < -0.3 is 0 Å². The summed E-state index contributed by atoms with van der Waals surface area (Å²) in [5.74, 6) is -8.62. The van der Waals surface area contributed by atoms with Crippen LogP contribution < -0.4 is 0 Å². The Labute approximate surface area is 279 Å². The van der Waals surface area contributed by atoms with Gasteiger partial charge in [0, 0.05) is 52.5 Å². The molecule has 0 unspecified atom stereocenters. The van der Waals surface area contributed by atoms with Gasteiger partial charge in [-0.1, -0.05) is 46.4 Å². The average molecular weight is 729 g/mol. The molecule has 0 heterocycles. The molecule has 0 aromatic heterocycles. The largest absolute Gasteiger partial charge is 0.312 e. The van der Waals surface area contributed by atoms with E-state index in [0.717, 1.165) is 47.0 Å². The summed E-state index contributed by atoms with van der Waals surface area (Å²) < 4.78 is 60.8. The molecular weight excluding hydrogens is 706 g/mol. The summed E-state index contributed by atoms with van der Waals surface area (Å²) in [5, 5.41) is 1.95. The fraction of sp³-hybridized carbons (Fsp3) is 0.200. The molecule has 12 heteroatoms. The van der Waals surface area contributed by atoms with E-state index in [1.54, 1.807) is 97.1 Å². The summed E-state index contributed by atoms with van der Waals surface area (Å²) in [4.78, 5) is 2.55. The molecule has 0 spiro atoms. The second kappa shape index (κ2) is 15.4. The molecule has 42 heavy (non-hydrogen) atoms. The molecule has 0 fully saturated rings. The lowest BCUT2D eigenvalue weighted by Gasteiger charge is -2.32. The fourth-order valence-electron chi connectivity index (χ4n) is 3.59. The van der Waals surface area contributed by atoms with E-state index in [2.05, 4.69) is 0 Å². The highest BCUT2D eigenvalue weighted by Gasteiger charge is 2.57. The van der Waals surface area contributed by atoms with Crippen molar-refractivity contribution in [2.24, 2.45) is 0 Å². The van der Waals surface area contributed by atoms with Crippen LogP contribution in [0.15, 0.2) is 117 Å². The first-order valence-corrected chi connectivity index (χ1v) is 17.4. The highest BCUT2D eigenvalue weighted by molar-refractivity contribution is 8.17. The summed E-state index contributed by atoms with van der Waals surface area (Å²) in [6.45, 7) is 0. The molecule has 0 saturated carbocycles. The highest BCUT2D eigenvalue weighted by atomic mass is 35.5. The molecule has 0 amide bonds. The molecule has 0 aliphatic rings. The number of alkyl halides is 4. The van der Waals surface area contributed by atoms with E-state index in [4.69, 9.17) is 46.4 Å². The maximum Gasteiger partial charge on any atom is 0.312 e. The molecule has 0 N–H and O–H groups in total. The van der Waals surface area contributed by atoms with Crippen LogP contribution in [-0.2, 0) is 0 Å². The molecule has 0 nitrogen and oxygen atoms in total. The Morgan fingerprint density at radius 1 is 0.405 bits per heavy atom. The Balaban J connectivity index is 1.56. The maximum atomic E-state index is 15.7. The molecule has 0 atom stereocenters. The van der Waals surface area contributed by atoms with Crippen LogP contribution in [0.2, 0.25) is 20.1 Å². The van der Waals surface area contributed by atoms with Gasteiger partial charge in [0.15, 0.2) is 0 Å². The first-order chi connectivity index (χ1) is 19.9. The molecule has 0 aliphatic heterocycles. The van der Waals surface area contributed by atoms with E-state index >= 15 is 17.6 Å². The second-order valence-electron chi connectivity index (χ2n) is 8.96. The van der Waals surface area contributed by atoms with Crippen LogP contribution in [0, 0.1) is 0 Å². The zero-order chi connectivity index (χ0) is 30.3. The molecule has 0 saturated heterocycles. The Kier molecular flexibility index (Phi) is 12.5. The lowest BCUT2D eigenvalue weighted by atomic mass is 10.1. The number of benzene rings is 4. The molecule has 0 bridgehead atoms. The van der Waals surface area contributed by atoms with E-state index in [1.807, 2.05) is 0 Å². The molecule has 4 aromatic carbocycles. The van der Waals surface area contributed by atoms with Crippen molar-refractivity contribution in [1.82, 2.24) is 0 Å². The Morgan fingerprint density at radius 3 is 0.786 bits per heavy atom. The van der Waals surface area contributed by atoms with Crippen molar-refractivity contribution in [1.29, 1.82) is 0 Å². The van der Waals surface area contributed by atoms with Crippen LogP contribution in [0.5, 0.6) is 0 Å². The van der Waals surface area contributed by atoms with E-state index < -0.39 is 33.9 Å². The van der Waals surface area contributed by atoms with Crippen LogP contribution in [0.3, 0.4) is 0 Å². The molecular formula is C30H22Cl4F4S4. The topological polar surface area (TPSA) is 0 Å². The van der Waals surface area contributed by atoms with Gasteiger partial charge in [0.05, 0.1) is 9.16 Å². The summed E-state index contributed by atoms with van der Waals surface area (Å²) >= 11 is 28.3.